The highest BCUT2D eigenvalue weighted by Crippen LogP contribution is 2.23. The molecule has 0 aromatic carbocycles. The van der Waals surface area contributed by atoms with E-state index in [0.29, 0.717) is 49.2 Å². The Morgan fingerprint density at radius 2 is 2.04 bits per heavy atom. The van der Waals surface area contributed by atoms with Gasteiger partial charge in [0.2, 0.25) is 17.6 Å². The van der Waals surface area contributed by atoms with Gasteiger partial charge in [-0.25, -0.2) is 0 Å². The lowest BCUT2D eigenvalue weighted by molar-refractivity contribution is -0.126. The molecule has 10 heteroatoms. The van der Waals surface area contributed by atoms with Crippen LogP contribution in [0.4, 0.5) is 0 Å². The van der Waals surface area contributed by atoms with Crippen LogP contribution in [0.1, 0.15) is 35.0 Å². The van der Waals surface area contributed by atoms with Gasteiger partial charge in [-0.05, 0) is 31.9 Å². The molecule has 2 amide bonds. The molecule has 1 saturated heterocycles. The molecule has 4 heterocycles. The molecule has 1 aliphatic rings. The van der Waals surface area contributed by atoms with Crippen LogP contribution >= 0.6 is 0 Å². The third kappa shape index (κ3) is 3.80. The molecule has 1 aliphatic heterocycles. The number of aryl methyl sites for hydroxylation is 1. The molecule has 0 aliphatic carbocycles. The summed E-state index contributed by atoms with van der Waals surface area (Å²) in [5.74, 6) is 1.35. The first-order valence-corrected chi connectivity index (χ1v) is 8.97. The molecule has 10 nitrogen and oxygen atoms in total. The Kier molecular flexibility index (Phi) is 4.92. The summed E-state index contributed by atoms with van der Waals surface area (Å²) in [5, 5.41) is 10.3. The quantitative estimate of drug-likeness (QED) is 0.704. The van der Waals surface area contributed by atoms with Crippen molar-refractivity contribution in [3.8, 4) is 11.5 Å². The Labute approximate surface area is 159 Å². The van der Waals surface area contributed by atoms with E-state index in [-0.39, 0.29) is 30.0 Å². The number of furan rings is 1. The standard InChI is InChI=1S/C18H19N5O5/c1-11-20-16(28-21-11)10-19-17(24)12-4-6-23(7-5-12)18(25)13-9-15(27-22-13)14-3-2-8-26-14/h2-3,8-9,12H,4-7,10H2,1H3,(H,19,24). The molecule has 3 aromatic rings. The maximum absolute atomic E-state index is 12.6. The number of piperidine rings is 1. The monoisotopic (exact) mass is 385 g/mol. The Hall–Kier alpha value is -3.43. The molecule has 0 spiro atoms. The van der Waals surface area contributed by atoms with Crippen molar-refractivity contribution < 1.29 is 23.1 Å². The van der Waals surface area contributed by atoms with Crippen molar-refractivity contribution in [3.63, 3.8) is 0 Å². The zero-order chi connectivity index (χ0) is 19.5. The summed E-state index contributed by atoms with van der Waals surface area (Å²) in [6, 6.07) is 5.02. The van der Waals surface area contributed by atoms with Gasteiger partial charge >= 0.3 is 0 Å². The van der Waals surface area contributed by atoms with Crippen LogP contribution in [0.15, 0.2) is 37.9 Å². The van der Waals surface area contributed by atoms with Gasteiger partial charge in [-0.1, -0.05) is 10.3 Å². The van der Waals surface area contributed by atoms with Gasteiger partial charge < -0.3 is 23.7 Å². The number of carbonyl (C=O) groups excluding carboxylic acids is 2. The summed E-state index contributed by atoms with van der Waals surface area (Å²) in [4.78, 5) is 30.7. The summed E-state index contributed by atoms with van der Waals surface area (Å²) in [5.41, 5.74) is 0.223. The van der Waals surface area contributed by atoms with Crippen LogP contribution < -0.4 is 5.32 Å². The summed E-state index contributed by atoms with van der Waals surface area (Å²) < 4.78 is 15.4. The van der Waals surface area contributed by atoms with E-state index in [0.717, 1.165) is 0 Å². The van der Waals surface area contributed by atoms with Crippen molar-refractivity contribution in [1.29, 1.82) is 0 Å². The molecule has 28 heavy (non-hydrogen) atoms. The number of carbonyl (C=O) groups is 2. The van der Waals surface area contributed by atoms with Crippen molar-refractivity contribution in [3.05, 3.63) is 41.9 Å². The van der Waals surface area contributed by atoms with Crippen LogP contribution in [0.5, 0.6) is 0 Å². The average molecular weight is 385 g/mol. The molecule has 0 atom stereocenters. The fourth-order valence-corrected chi connectivity index (χ4v) is 3.14. The third-order valence-electron chi connectivity index (χ3n) is 4.63. The summed E-state index contributed by atoms with van der Waals surface area (Å²) in [6.07, 6.45) is 2.67. The largest absolute Gasteiger partial charge is 0.461 e. The van der Waals surface area contributed by atoms with Crippen molar-refractivity contribution in [2.45, 2.75) is 26.3 Å². The topological polar surface area (TPSA) is 128 Å². The molecule has 3 aromatic heterocycles. The van der Waals surface area contributed by atoms with E-state index in [4.69, 9.17) is 13.5 Å². The van der Waals surface area contributed by atoms with Gasteiger partial charge in [-0.15, -0.1) is 0 Å². The molecule has 1 N–H and O–H groups in total. The predicted octanol–water partition coefficient (Wildman–Crippen LogP) is 1.79. The van der Waals surface area contributed by atoms with E-state index in [1.807, 2.05) is 0 Å². The zero-order valence-corrected chi connectivity index (χ0v) is 15.3. The van der Waals surface area contributed by atoms with Gasteiger partial charge in [-0.2, -0.15) is 4.98 Å². The summed E-state index contributed by atoms with van der Waals surface area (Å²) in [7, 11) is 0. The third-order valence-corrected chi connectivity index (χ3v) is 4.63. The van der Waals surface area contributed by atoms with Gasteiger partial charge in [0.1, 0.15) is 0 Å². The highest BCUT2D eigenvalue weighted by Gasteiger charge is 2.29. The van der Waals surface area contributed by atoms with E-state index >= 15 is 0 Å². The van der Waals surface area contributed by atoms with Crippen molar-refractivity contribution >= 4 is 11.8 Å². The lowest BCUT2D eigenvalue weighted by Gasteiger charge is -2.30. The van der Waals surface area contributed by atoms with Gasteiger partial charge in [0.05, 0.1) is 12.8 Å². The van der Waals surface area contributed by atoms with Crippen LogP contribution in [-0.2, 0) is 11.3 Å². The second kappa shape index (κ2) is 7.67. The number of hydrogen-bond acceptors (Lipinski definition) is 8. The minimum Gasteiger partial charge on any atom is -0.461 e. The number of nitrogens with zero attached hydrogens (tertiary/aromatic N) is 4. The van der Waals surface area contributed by atoms with Crippen molar-refractivity contribution in [1.82, 2.24) is 25.5 Å². The second-order valence-corrected chi connectivity index (χ2v) is 6.57. The zero-order valence-electron chi connectivity index (χ0n) is 15.3. The second-order valence-electron chi connectivity index (χ2n) is 6.57. The lowest BCUT2D eigenvalue weighted by Crippen LogP contribution is -2.43. The van der Waals surface area contributed by atoms with Gasteiger partial charge in [0, 0.05) is 25.1 Å². The first kappa shape index (κ1) is 18.0. The SMILES string of the molecule is Cc1noc(CNC(=O)C2CCN(C(=O)c3cc(-c4ccco4)on3)CC2)n1. The maximum atomic E-state index is 12.6. The highest BCUT2D eigenvalue weighted by molar-refractivity contribution is 5.93. The minimum absolute atomic E-state index is 0.0792. The normalized spacial score (nSPS) is 15.0. The molecule has 146 valence electrons. The molecular weight excluding hydrogens is 366 g/mol. The highest BCUT2D eigenvalue weighted by atomic mass is 16.5. The summed E-state index contributed by atoms with van der Waals surface area (Å²) in [6.45, 7) is 2.86. The van der Waals surface area contributed by atoms with Gasteiger partial charge in [0.15, 0.2) is 17.3 Å². The fraction of sp³-hybridized carbons (Fsp3) is 0.389. The Morgan fingerprint density at radius 3 is 2.71 bits per heavy atom. The van der Waals surface area contributed by atoms with Crippen LogP contribution in [0.2, 0.25) is 0 Å². The Morgan fingerprint density at radius 1 is 1.21 bits per heavy atom. The molecular formula is C18H19N5O5. The first-order chi connectivity index (χ1) is 13.6. The van der Waals surface area contributed by atoms with Gasteiger partial charge in [0.25, 0.3) is 5.91 Å². The van der Waals surface area contributed by atoms with Crippen molar-refractivity contribution in [2.75, 3.05) is 13.1 Å². The molecule has 4 rings (SSSR count). The van der Waals surface area contributed by atoms with E-state index < -0.39 is 0 Å². The maximum Gasteiger partial charge on any atom is 0.276 e. The van der Waals surface area contributed by atoms with Crippen LogP contribution in [0.25, 0.3) is 11.5 Å². The minimum atomic E-state index is -0.221. The van der Waals surface area contributed by atoms with E-state index in [9.17, 15) is 9.59 Å². The van der Waals surface area contributed by atoms with Crippen LogP contribution in [0, 0.1) is 12.8 Å². The fourth-order valence-electron chi connectivity index (χ4n) is 3.14. The van der Waals surface area contributed by atoms with E-state index in [1.165, 1.54) is 6.26 Å². The molecule has 0 bridgehead atoms. The average Bonchev–Trinajstić information content (AvgIpc) is 3.46. The number of hydrogen-bond donors (Lipinski definition) is 1. The number of nitrogens with one attached hydrogen (secondary N) is 1. The number of aromatic nitrogens is 3. The van der Waals surface area contributed by atoms with Gasteiger partial charge in [-0.3, -0.25) is 9.59 Å². The first-order valence-electron chi connectivity index (χ1n) is 8.97. The number of amides is 2. The smallest absolute Gasteiger partial charge is 0.276 e. The summed E-state index contributed by atoms with van der Waals surface area (Å²) >= 11 is 0. The van der Waals surface area contributed by atoms with Crippen molar-refractivity contribution in [2.24, 2.45) is 5.92 Å². The number of rotatable bonds is 5. The van der Waals surface area contributed by atoms with E-state index in [1.54, 1.807) is 30.0 Å². The molecule has 0 unspecified atom stereocenters. The number of likely N-dealkylation sites (tertiary alicyclic amines) is 1. The lowest BCUT2D eigenvalue weighted by atomic mass is 9.95. The molecule has 0 saturated carbocycles. The van der Waals surface area contributed by atoms with Crippen LogP contribution in [0.3, 0.4) is 0 Å². The predicted molar refractivity (Wildman–Crippen MR) is 93.7 cm³/mol. The van der Waals surface area contributed by atoms with Crippen LogP contribution in [-0.4, -0.2) is 45.1 Å². The Balaban J connectivity index is 1.28. The van der Waals surface area contributed by atoms with E-state index in [2.05, 4.69) is 20.6 Å². The Bertz CT molecular complexity index is 953. The molecule has 0 radical (unpaired) electrons. The molecule has 1 fully saturated rings.